The van der Waals surface area contributed by atoms with Crippen LogP contribution in [0.3, 0.4) is 0 Å². The molecule has 0 N–H and O–H groups in total. The summed E-state index contributed by atoms with van der Waals surface area (Å²) in [7, 11) is -0.137. The first-order chi connectivity index (χ1) is 6.43. The lowest BCUT2D eigenvalue weighted by molar-refractivity contribution is 0.114. The SMILES string of the molecule is COC(=O)OC1=NOC([Si](C)(C)C)C1. The molecule has 1 aliphatic rings. The first-order valence-electron chi connectivity index (χ1n) is 4.42. The Hall–Kier alpha value is -1.04. The molecule has 0 aromatic carbocycles. The van der Waals surface area contributed by atoms with Gasteiger partial charge in [-0.25, -0.2) is 4.79 Å². The molecule has 1 rings (SSSR count). The number of hydrogen-bond acceptors (Lipinski definition) is 5. The Kier molecular flexibility index (Phi) is 3.15. The Morgan fingerprint density at radius 1 is 1.57 bits per heavy atom. The zero-order valence-corrected chi connectivity index (χ0v) is 9.86. The lowest BCUT2D eigenvalue weighted by Gasteiger charge is -2.21. The van der Waals surface area contributed by atoms with Gasteiger partial charge in [0, 0.05) is 0 Å². The second-order valence-corrected chi connectivity index (χ2v) is 9.58. The van der Waals surface area contributed by atoms with Gasteiger partial charge in [-0.2, -0.15) is 0 Å². The number of hydrogen-bond donors (Lipinski definition) is 0. The lowest BCUT2D eigenvalue weighted by atomic mass is 10.5. The number of nitrogens with zero attached hydrogens (tertiary/aromatic N) is 1. The normalized spacial score (nSPS) is 21.1. The minimum atomic E-state index is -1.40. The highest BCUT2D eigenvalue weighted by atomic mass is 28.3. The van der Waals surface area contributed by atoms with Crippen LogP contribution in [-0.4, -0.2) is 33.0 Å². The summed E-state index contributed by atoms with van der Waals surface area (Å²) in [6.07, 6.45) is -0.186. The fourth-order valence-electron chi connectivity index (χ4n) is 1.02. The van der Waals surface area contributed by atoms with Gasteiger partial charge < -0.3 is 14.3 Å². The highest BCUT2D eigenvalue weighted by Crippen LogP contribution is 2.21. The smallest absolute Gasteiger partial charge is 0.437 e. The van der Waals surface area contributed by atoms with Gasteiger partial charge in [0.05, 0.1) is 21.6 Å². The minimum absolute atomic E-state index is 0.0853. The fourth-order valence-corrected chi connectivity index (χ4v) is 2.17. The van der Waals surface area contributed by atoms with E-state index in [0.717, 1.165) is 0 Å². The fraction of sp³-hybridized carbons (Fsp3) is 0.750. The first-order valence-corrected chi connectivity index (χ1v) is 7.99. The standard InChI is InChI=1S/C8H15NO4Si/c1-11-8(10)12-6-5-7(13-9-6)14(2,3)4/h7H,5H2,1-4H3. The first kappa shape index (κ1) is 11.0. The maximum Gasteiger partial charge on any atom is 0.514 e. The molecule has 1 atom stereocenters. The highest BCUT2D eigenvalue weighted by Gasteiger charge is 2.35. The number of carbonyl (C=O) groups is 1. The number of oxime groups is 1. The average Bonchev–Trinajstić information content (AvgIpc) is 2.51. The quantitative estimate of drug-likeness (QED) is 0.496. The second kappa shape index (κ2) is 3.99. The summed E-state index contributed by atoms with van der Waals surface area (Å²) in [5.41, 5.74) is 0.0853. The van der Waals surface area contributed by atoms with E-state index in [1.807, 2.05) is 0 Å². The molecule has 0 bridgehead atoms. The molecule has 0 fully saturated rings. The van der Waals surface area contributed by atoms with Gasteiger partial charge in [0.25, 0.3) is 0 Å². The summed E-state index contributed by atoms with van der Waals surface area (Å²) >= 11 is 0. The molecular formula is C8H15NO4Si. The van der Waals surface area contributed by atoms with Crippen molar-refractivity contribution in [3.63, 3.8) is 0 Å². The molecule has 0 spiro atoms. The van der Waals surface area contributed by atoms with E-state index in [2.05, 4.69) is 29.5 Å². The van der Waals surface area contributed by atoms with Gasteiger partial charge in [0.1, 0.15) is 5.73 Å². The van der Waals surface area contributed by atoms with E-state index in [4.69, 9.17) is 9.57 Å². The van der Waals surface area contributed by atoms with Crippen molar-refractivity contribution in [2.45, 2.75) is 31.8 Å². The van der Waals surface area contributed by atoms with Gasteiger partial charge in [-0.3, -0.25) is 0 Å². The largest absolute Gasteiger partial charge is 0.514 e. The van der Waals surface area contributed by atoms with E-state index in [0.29, 0.717) is 12.3 Å². The summed E-state index contributed by atoms with van der Waals surface area (Å²) in [5.74, 6) is 0.310. The van der Waals surface area contributed by atoms with Crippen molar-refractivity contribution < 1.29 is 19.1 Å². The van der Waals surface area contributed by atoms with Crippen LogP contribution in [0.25, 0.3) is 0 Å². The van der Waals surface area contributed by atoms with E-state index in [9.17, 15) is 4.79 Å². The van der Waals surface area contributed by atoms with Crippen molar-refractivity contribution in [1.82, 2.24) is 0 Å². The zero-order chi connectivity index (χ0) is 10.8. The number of carbonyl (C=O) groups excluding carboxylic acids is 1. The van der Waals surface area contributed by atoms with Crippen LogP contribution < -0.4 is 0 Å². The summed E-state index contributed by atoms with van der Waals surface area (Å²) in [5, 5.41) is 3.70. The molecule has 0 aromatic heterocycles. The van der Waals surface area contributed by atoms with Crippen LogP contribution in [-0.2, 0) is 14.3 Å². The van der Waals surface area contributed by atoms with Gasteiger partial charge in [0.2, 0.25) is 5.90 Å². The molecule has 14 heavy (non-hydrogen) atoms. The maximum absolute atomic E-state index is 10.8. The summed E-state index contributed by atoms with van der Waals surface area (Å²) < 4.78 is 9.12. The van der Waals surface area contributed by atoms with Crippen LogP contribution in [0, 0.1) is 0 Å². The monoisotopic (exact) mass is 217 g/mol. The Morgan fingerprint density at radius 3 is 2.64 bits per heavy atom. The van der Waals surface area contributed by atoms with Crippen LogP contribution in [0.2, 0.25) is 19.6 Å². The Labute approximate surface area is 84.0 Å². The lowest BCUT2D eigenvalue weighted by Crippen LogP contribution is -2.38. The van der Waals surface area contributed by atoms with Crippen LogP contribution in [0.4, 0.5) is 4.79 Å². The van der Waals surface area contributed by atoms with Crippen molar-refractivity contribution in [3.8, 4) is 0 Å². The maximum atomic E-state index is 10.8. The van der Waals surface area contributed by atoms with Crippen molar-refractivity contribution in [2.75, 3.05) is 7.11 Å². The molecular weight excluding hydrogens is 202 g/mol. The zero-order valence-electron chi connectivity index (χ0n) is 8.86. The molecule has 0 aromatic rings. The van der Waals surface area contributed by atoms with E-state index in [1.54, 1.807) is 0 Å². The number of methoxy groups -OCH3 is 1. The molecule has 0 amide bonds. The second-order valence-electron chi connectivity index (χ2n) is 4.21. The molecule has 0 aliphatic carbocycles. The third kappa shape index (κ3) is 2.73. The molecule has 6 heteroatoms. The summed E-state index contributed by atoms with van der Waals surface area (Å²) in [6, 6.07) is 0. The van der Waals surface area contributed by atoms with Crippen molar-refractivity contribution in [1.29, 1.82) is 0 Å². The van der Waals surface area contributed by atoms with Gasteiger partial charge in [0.15, 0.2) is 0 Å². The minimum Gasteiger partial charge on any atom is -0.437 e. The Morgan fingerprint density at radius 2 is 2.21 bits per heavy atom. The van der Waals surface area contributed by atoms with Crippen LogP contribution >= 0.6 is 0 Å². The van der Waals surface area contributed by atoms with Crippen LogP contribution in [0.1, 0.15) is 6.42 Å². The molecule has 1 heterocycles. The summed E-state index contributed by atoms with van der Waals surface area (Å²) in [6.45, 7) is 6.52. The topological polar surface area (TPSA) is 57.1 Å². The van der Waals surface area contributed by atoms with Gasteiger partial charge in [-0.1, -0.05) is 24.8 Å². The average molecular weight is 217 g/mol. The van der Waals surface area contributed by atoms with Crippen LogP contribution in [0.15, 0.2) is 5.16 Å². The summed E-state index contributed by atoms with van der Waals surface area (Å²) in [4.78, 5) is 15.9. The third-order valence-electron chi connectivity index (χ3n) is 1.98. The van der Waals surface area contributed by atoms with Crippen molar-refractivity contribution in [2.24, 2.45) is 5.16 Å². The number of ether oxygens (including phenoxy) is 2. The van der Waals surface area contributed by atoms with E-state index in [-0.39, 0.29) is 5.73 Å². The molecule has 0 radical (unpaired) electrons. The molecule has 5 nitrogen and oxygen atoms in total. The van der Waals surface area contributed by atoms with Gasteiger partial charge in [-0.05, 0) is 0 Å². The highest BCUT2D eigenvalue weighted by molar-refractivity contribution is 6.77. The molecule has 1 unspecified atom stereocenters. The van der Waals surface area contributed by atoms with Gasteiger partial charge in [-0.15, -0.1) is 0 Å². The molecule has 1 aliphatic heterocycles. The Bertz CT molecular complexity index is 259. The van der Waals surface area contributed by atoms with Crippen molar-refractivity contribution in [3.05, 3.63) is 0 Å². The third-order valence-corrected chi connectivity index (χ3v) is 4.22. The molecule has 0 saturated heterocycles. The van der Waals surface area contributed by atoms with Gasteiger partial charge >= 0.3 is 6.16 Å². The number of rotatable bonds is 1. The predicted molar refractivity (Wildman–Crippen MR) is 53.8 cm³/mol. The molecule has 80 valence electrons. The van der Waals surface area contributed by atoms with Crippen molar-refractivity contribution >= 4 is 20.1 Å². The molecule has 0 saturated carbocycles. The van der Waals surface area contributed by atoms with E-state index < -0.39 is 14.2 Å². The van der Waals surface area contributed by atoms with E-state index in [1.165, 1.54) is 7.11 Å². The predicted octanol–water partition coefficient (Wildman–Crippen LogP) is 1.75. The van der Waals surface area contributed by atoms with Crippen LogP contribution in [0.5, 0.6) is 0 Å². The Balaban J connectivity index is 2.44. The van der Waals surface area contributed by atoms with E-state index >= 15 is 0 Å².